The van der Waals surface area contributed by atoms with E-state index in [1.165, 1.54) is 6.42 Å². The lowest BCUT2D eigenvalue weighted by Crippen LogP contribution is -2.34. The van der Waals surface area contributed by atoms with Crippen molar-refractivity contribution < 1.29 is 4.74 Å². The first-order valence-corrected chi connectivity index (χ1v) is 5.87. The lowest BCUT2D eigenvalue weighted by Gasteiger charge is -2.21. The van der Waals surface area contributed by atoms with E-state index < -0.39 is 0 Å². The van der Waals surface area contributed by atoms with E-state index in [9.17, 15) is 0 Å². The molecule has 0 radical (unpaired) electrons. The Bertz CT molecular complexity index is 148. The maximum atomic E-state index is 5.92. The molecule has 1 aliphatic carbocycles. The van der Waals surface area contributed by atoms with Gasteiger partial charge in [0.25, 0.3) is 0 Å². The molecule has 1 saturated carbocycles. The quantitative estimate of drug-likeness (QED) is 0.701. The van der Waals surface area contributed by atoms with Crippen LogP contribution >= 0.6 is 0 Å². The molecule has 0 heterocycles. The van der Waals surface area contributed by atoms with Crippen molar-refractivity contribution in [1.29, 1.82) is 0 Å². The van der Waals surface area contributed by atoms with E-state index >= 15 is 0 Å². The van der Waals surface area contributed by atoms with Crippen molar-refractivity contribution in [3.63, 3.8) is 0 Å². The number of hydrogen-bond donors (Lipinski definition) is 1. The predicted octanol–water partition coefficient (Wildman–Crippen LogP) is 1.22. The maximum absolute atomic E-state index is 5.92. The molecule has 1 rings (SSSR count). The van der Waals surface area contributed by atoms with Crippen molar-refractivity contribution in [2.45, 2.75) is 45.3 Å². The van der Waals surface area contributed by atoms with Crippen LogP contribution in [-0.2, 0) is 4.74 Å². The number of hydrogen-bond acceptors (Lipinski definition) is 3. The fourth-order valence-corrected chi connectivity index (χ4v) is 2.03. The number of nitrogens with zero attached hydrogens (tertiary/aromatic N) is 1. The van der Waals surface area contributed by atoms with Crippen LogP contribution < -0.4 is 5.73 Å². The smallest absolute Gasteiger partial charge is 0.0726 e. The van der Waals surface area contributed by atoms with Gasteiger partial charge in [0, 0.05) is 12.6 Å². The summed E-state index contributed by atoms with van der Waals surface area (Å²) in [5.74, 6) is 0. The van der Waals surface area contributed by atoms with Gasteiger partial charge in [-0.1, -0.05) is 13.8 Å². The zero-order chi connectivity index (χ0) is 10.4. The molecular formula is C11H24N2O. The van der Waals surface area contributed by atoms with Gasteiger partial charge in [-0.05, 0) is 32.4 Å². The number of nitrogens with two attached hydrogens (primary N) is 1. The number of likely N-dealkylation sites (N-methyl/N-ethyl adjacent to an activating group) is 1. The number of ether oxygens (including phenoxy) is 1. The van der Waals surface area contributed by atoms with E-state index in [4.69, 9.17) is 10.5 Å². The second kappa shape index (κ2) is 6.38. The molecule has 84 valence electrons. The highest BCUT2D eigenvalue weighted by atomic mass is 16.5. The minimum absolute atomic E-state index is 0.284. The van der Waals surface area contributed by atoms with Crippen molar-refractivity contribution in [3.8, 4) is 0 Å². The molecule has 0 aromatic heterocycles. The molecule has 0 amide bonds. The van der Waals surface area contributed by atoms with Crippen LogP contribution in [0.2, 0.25) is 0 Å². The molecule has 0 spiro atoms. The van der Waals surface area contributed by atoms with Crippen molar-refractivity contribution in [1.82, 2.24) is 4.90 Å². The Kier molecular flexibility index (Phi) is 5.45. The SMILES string of the molecule is CCN(CC)CCOC1CCCC1N. The van der Waals surface area contributed by atoms with Crippen LogP contribution in [0, 0.1) is 0 Å². The van der Waals surface area contributed by atoms with Crippen molar-refractivity contribution in [3.05, 3.63) is 0 Å². The minimum Gasteiger partial charge on any atom is -0.375 e. The van der Waals surface area contributed by atoms with Gasteiger partial charge in [0.1, 0.15) is 0 Å². The summed E-state index contributed by atoms with van der Waals surface area (Å²) >= 11 is 0. The zero-order valence-electron chi connectivity index (χ0n) is 9.54. The summed E-state index contributed by atoms with van der Waals surface area (Å²) in [7, 11) is 0. The molecule has 0 aromatic rings. The molecule has 0 bridgehead atoms. The molecular weight excluding hydrogens is 176 g/mol. The van der Waals surface area contributed by atoms with Crippen LogP contribution in [0.4, 0.5) is 0 Å². The van der Waals surface area contributed by atoms with Gasteiger partial charge in [-0.15, -0.1) is 0 Å². The Morgan fingerprint density at radius 2 is 2.00 bits per heavy atom. The Morgan fingerprint density at radius 1 is 1.29 bits per heavy atom. The fraction of sp³-hybridized carbons (Fsp3) is 1.00. The topological polar surface area (TPSA) is 38.5 Å². The Balaban J connectivity index is 2.08. The summed E-state index contributed by atoms with van der Waals surface area (Å²) < 4.78 is 5.78. The second-order valence-corrected chi connectivity index (χ2v) is 4.03. The van der Waals surface area contributed by atoms with E-state index in [-0.39, 0.29) is 6.04 Å². The first-order chi connectivity index (χ1) is 6.77. The average molecular weight is 200 g/mol. The predicted molar refractivity (Wildman–Crippen MR) is 59.4 cm³/mol. The summed E-state index contributed by atoms with van der Waals surface area (Å²) in [6.45, 7) is 8.46. The molecule has 3 heteroatoms. The van der Waals surface area contributed by atoms with Gasteiger partial charge in [0.15, 0.2) is 0 Å². The summed E-state index contributed by atoms with van der Waals surface area (Å²) in [6, 6.07) is 0.284. The lowest BCUT2D eigenvalue weighted by atomic mass is 10.2. The highest BCUT2D eigenvalue weighted by molar-refractivity contribution is 4.80. The van der Waals surface area contributed by atoms with Crippen LogP contribution in [0.15, 0.2) is 0 Å². The van der Waals surface area contributed by atoms with Gasteiger partial charge in [0.2, 0.25) is 0 Å². The average Bonchev–Trinajstić information content (AvgIpc) is 2.59. The van der Waals surface area contributed by atoms with E-state index in [1.54, 1.807) is 0 Å². The Morgan fingerprint density at radius 3 is 2.50 bits per heavy atom. The highest BCUT2D eigenvalue weighted by Gasteiger charge is 2.24. The molecule has 2 unspecified atom stereocenters. The molecule has 1 aliphatic rings. The third kappa shape index (κ3) is 3.56. The van der Waals surface area contributed by atoms with Gasteiger partial charge in [-0.25, -0.2) is 0 Å². The summed E-state index contributed by atoms with van der Waals surface area (Å²) in [5, 5.41) is 0. The third-order valence-corrected chi connectivity index (χ3v) is 3.14. The van der Waals surface area contributed by atoms with Crippen LogP contribution in [0.5, 0.6) is 0 Å². The molecule has 3 nitrogen and oxygen atoms in total. The van der Waals surface area contributed by atoms with Crippen LogP contribution in [-0.4, -0.2) is 43.3 Å². The molecule has 0 aliphatic heterocycles. The Hall–Kier alpha value is -0.120. The van der Waals surface area contributed by atoms with Gasteiger partial charge >= 0.3 is 0 Å². The second-order valence-electron chi connectivity index (χ2n) is 4.03. The van der Waals surface area contributed by atoms with Gasteiger partial charge in [-0.2, -0.15) is 0 Å². The van der Waals surface area contributed by atoms with Gasteiger partial charge in [0.05, 0.1) is 12.7 Å². The first kappa shape index (κ1) is 12.0. The fourth-order valence-electron chi connectivity index (χ4n) is 2.03. The summed E-state index contributed by atoms with van der Waals surface area (Å²) in [6.07, 6.45) is 3.84. The zero-order valence-corrected chi connectivity index (χ0v) is 9.54. The van der Waals surface area contributed by atoms with Crippen molar-refractivity contribution in [2.24, 2.45) is 5.73 Å². The molecule has 1 fully saturated rings. The lowest BCUT2D eigenvalue weighted by molar-refractivity contribution is 0.0345. The minimum atomic E-state index is 0.284. The van der Waals surface area contributed by atoms with Crippen molar-refractivity contribution >= 4 is 0 Å². The number of rotatable bonds is 6. The normalized spacial score (nSPS) is 27.4. The molecule has 2 N–H and O–H groups in total. The molecule has 0 saturated heterocycles. The van der Waals surface area contributed by atoms with Crippen LogP contribution in [0.1, 0.15) is 33.1 Å². The van der Waals surface area contributed by atoms with E-state index in [0.29, 0.717) is 6.10 Å². The Labute approximate surface area is 87.6 Å². The monoisotopic (exact) mass is 200 g/mol. The van der Waals surface area contributed by atoms with Crippen LogP contribution in [0.3, 0.4) is 0 Å². The molecule has 0 aromatic carbocycles. The van der Waals surface area contributed by atoms with Gasteiger partial charge < -0.3 is 15.4 Å². The summed E-state index contributed by atoms with van der Waals surface area (Å²) in [5.41, 5.74) is 5.92. The van der Waals surface area contributed by atoms with Gasteiger partial charge in [-0.3, -0.25) is 0 Å². The summed E-state index contributed by atoms with van der Waals surface area (Å²) in [4.78, 5) is 2.38. The van der Waals surface area contributed by atoms with Crippen LogP contribution in [0.25, 0.3) is 0 Å². The molecule has 2 atom stereocenters. The molecule has 14 heavy (non-hydrogen) atoms. The standard InChI is InChI=1S/C11H24N2O/c1-3-13(4-2)8-9-14-11-7-5-6-10(11)12/h10-11H,3-9,12H2,1-2H3. The van der Waals surface area contributed by atoms with E-state index in [1.807, 2.05) is 0 Å². The first-order valence-electron chi connectivity index (χ1n) is 5.87. The van der Waals surface area contributed by atoms with E-state index in [2.05, 4.69) is 18.7 Å². The third-order valence-electron chi connectivity index (χ3n) is 3.14. The van der Waals surface area contributed by atoms with E-state index in [0.717, 1.165) is 39.1 Å². The largest absolute Gasteiger partial charge is 0.375 e. The maximum Gasteiger partial charge on any atom is 0.0726 e. The van der Waals surface area contributed by atoms with Crippen molar-refractivity contribution in [2.75, 3.05) is 26.2 Å². The highest BCUT2D eigenvalue weighted by Crippen LogP contribution is 2.19.